The van der Waals surface area contributed by atoms with Gasteiger partial charge in [0.2, 0.25) is 5.91 Å². The molecule has 146 valence electrons. The third-order valence-corrected chi connectivity index (χ3v) is 4.38. The molecule has 2 N–H and O–H groups in total. The Kier molecular flexibility index (Phi) is 6.57. The summed E-state index contributed by atoms with van der Waals surface area (Å²) in [5, 5.41) is 9.88. The van der Waals surface area contributed by atoms with Gasteiger partial charge in [0.25, 0.3) is 0 Å². The van der Waals surface area contributed by atoms with Gasteiger partial charge >= 0.3 is 0 Å². The number of amides is 1. The predicted molar refractivity (Wildman–Crippen MR) is 110 cm³/mol. The van der Waals surface area contributed by atoms with E-state index in [1.165, 1.54) is 0 Å². The SMILES string of the molecule is COCCOc1ccc(NC(=O)Cn2c(-c3ccc(C)cc3)n[nH]c2=S)cc1. The topological polar surface area (TPSA) is 81.2 Å². The Hall–Kier alpha value is -2.97. The maximum absolute atomic E-state index is 12.5. The highest BCUT2D eigenvalue weighted by Crippen LogP contribution is 2.19. The van der Waals surface area contributed by atoms with E-state index in [0.29, 0.717) is 35.2 Å². The Balaban J connectivity index is 1.66. The number of aromatic nitrogens is 3. The van der Waals surface area contributed by atoms with Crippen molar-refractivity contribution in [3.8, 4) is 17.1 Å². The molecule has 1 heterocycles. The van der Waals surface area contributed by atoms with Crippen LogP contribution in [0.1, 0.15) is 5.56 Å². The molecule has 3 aromatic rings. The molecule has 0 radical (unpaired) electrons. The number of ether oxygens (including phenoxy) is 2. The van der Waals surface area contributed by atoms with Gasteiger partial charge in [0.1, 0.15) is 18.9 Å². The van der Waals surface area contributed by atoms with Crippen molar-refractivity contribution in [1.29, 1.82) is 0 Å². The monoisotopic (exact) mass is 398 g/mol. The predicted octanol–water partition coefficient (Wildman–Crippen LogP) is 3.58. The first-order valence-corrected chi connectivity index (χ1v) is 9.21. The molecule has 0 atom stereocenters. The molecule has 0 unspecified atom stereocenters. The number of methoxy groups -OCH3 is 1. The van der Waals surface area contributed by atoms with E-state index in [4.69, 9.17) is 21.7 Å². The lowest BCUT2D eigenvalue weighted by Gasteiger charge is -2.10. The second-order valence-electron chi connectivity index (χ2n) is 6.22. The first-order valence-electron chi connectivity index (χ1n) is 8.80. The second-order valence-corrected chi connectivity index (χ2v) is 6.61. The van der Waals surface area contributed by atoms with Gasteiger partial charge in [-0.2, -0.15) is 5.10 Å². The number of carbonyl (C=O) groups excluding carboxylic acids is 1. The number of nitrogens with one attached hydrogen (secondary N) is 2. The fraction of sp³-hybridized carbons (Fsp3) is 0.250. The highest BCUT2D eigenvalue weighted by molar-refractivity contribution is 7.71. The third-order valence-electron chi connectivity index (χ3n) is 4.06. The lowest BCUT2D eigenvalue weighted by atomic mass is 10.1. The van der Waals surface area contributed by atoms with Gasteiger partial charge in [-0.1, -0.05) is 29.8 Å². The molecule has 7 nitrogen and oxygen atoms in total. The van der Waals surface area contributed by atoms with E-state index in [-0.39, 0.29) is 12.5 Å². The van der Waals surface area contributed by atoms with E-state index < -0.39 is 0 Å². The van der Waals surface area contributed by atoms with Crippen molar-refractivity contribution >= 4 is 23.8 Å². The van der Waals surface area contributed by atoms with Gasteiger partial charge in [0.05, 0.1) is 6.61 Å². The summed E-state index contributed by atoms with van der Waals surface area (Å²) in [7, 11) is 1.62. The van der Waals surface area contributed by atoms with Crippen molar-refractivity contribution in [2.75, 3.05) is 25.6 Å². The molecule has 0 fully saturated rings. The molecule has 8 heteroatoms. The van der Waals surface area contributed by atoms with Crippen LogP contribution in [0.15, 0.2) is 48.5 Å². The Bertz CT molecular complexity index is 978. The normalized spacial score (nSPS) is 10.6. The quantitative estimate of drug-likeness (QED) is 0.448. The van der Waals surface area contributed by atoms with Crippen molar-refractivity contribution < 1.29 is 14.3 Å². The van der Waals surface area contributed by atoms with Crippen LogP contribution in [0.5, 0.6) is 5.75 Å². The number of H-pyrrole nitrogens is 1. The molecule has 0 bridgehead atoms. The Labute approximate surface area is 168 Å². The smallest absolute Gasteiger partial charge is 0.244 e. The van der Waals surface area contributed by atoms with E-state index in [1.54, 1.807) is 35.9 Å². The van der Waals surface area contributed by atoms with E-state index in [0.717, 1.165) is 11.1 Å². The molecule has 2 aromatic carbocycles. The highest BCUT2D eigenvalue weighted by Gasteiger charge is 2.12. The first-order chi connectivity index (χ1) is 13.6. The Morgan fingerprint density at radius 3 is 2.54 bits per heavy atom. The summed E-state index contributed by atoms with van der Waals surface area (Å²) in [4.78, 5) is 12.5. The van der Waals surface area contributed by atoms with Gasteiger partial charge in [-0.25, -0.2) is 0 Å². The van der Waals surface area contributed by atoms with Gasteiger partial charge < -0.3 is 14.8 Å². The molecule has 1 amide bonds. The van der Waals surface area contributed by atoms with Crippen LogP contribution in [0.25, 0.3) is 11.4 Å². The number of carbonyl (C=O) groups is 1. The molecular weight excluding hydrogens is 376 g/mol. The van der Waals surface area contributed by atoms with Gasteiger partial charge in [0, 0.05) is 18.4 Å². The van der Waals surface area contributed by atoms with E-state index in [1.807, 2.05) is 31.2 Å². The Morgan fingerprint density at radius 1 is 1.14 bits per heavy atom. The number of hydrogen-bond acceptors (Lipinski definition) is 5. The van der Waals surface area contributed by atoms with E-state index >= 15 is 0 Å². The van der Waals surface area contributed by atoms with Crippen molar-refractivity contribution in [1.82, 2.24) is 14.8 Å². The average Bonchev–Trinajstić information content (AvgIpc) is 3.04. The van der Waals surface area contributed by atoms with E-state index in [9.17, 15) is 4.79 Å². The van der Waals surface area contributed by atoms with Gasteiger partial charge in [0.15, 0.2) is 10.6 Å². The molecule has 1 aromatic heterocycles. The van der Waals surface area contributed by atoms with E-state index in [2.05, 4.69) is 15.5 Å². The number of hydrogen-bond donors (Lipinski definition) is 2. The minimum Gasteiger partial charge on any atom is -0.491 e. The molecule has 0 aliphatic heterocycles. The first kappa shape index (κ1) is 19.8. The van der Waals surface area contributed by atoms with Crippen LogP contribution in [-0.2, 0) is 16.1 Å². The summed E-state index contributed by atoms with van der Waals surface area (Å²) in [6, 6.07) is 15.1. The third kappa shape index (κ3) is 5.05. The molecule has 0 saturated heterocycles. The molecule has 0 saturated carbocycles. The van der Waals surface area contributed by atoms with Gasteiger partial charge in [-0.3, -0.25) is 14.5 Å². The van der Waals surface area contributed by atoms with Crippen LogP contribution < -0.4 is 10.1 Å². The molecular formula is C20H22N4O3S. The molecule has 28 heavy (non-hydrogen) atoms. The molecule has 0 aliphatic rings. The summed E-state index contributed by atoms with van der Waals surface area (Å²) in [6.45, 7) is 3.07. The van der Waals surface area contributed by atoms with Gasteiger partial charge in [-0.15, -0.1) is 0 Å². The summed E-state index contributed by atoms with van der Waals surface area (Å²) in [6.07, 6.45) is 0. The van der Waals surface area contributed by atoms with Gasteiger partial charge in [-0.05, 0) is 43.4 Å². The zero-order chi connectivity index (χ0) is 19.9. The maximum Gasteiger partial charge on any atom is 0.244 e. The average molecular weight is 398 g/mol. The number of nitrogens with zero attached hydrogens (tertiary/aromatic N) is 2. The van der Waals surface area contributed by atoms with Crippen molar-refractivity contribution in [2.24, 2.45) is 0 Å². The minimum atomic E-state index is -0.195. The zero-order valence-electron chi connectivity index (χ0n) is 15.8. The van der Waals surface area contributed by atoms with Crippen LogP contribution >= 0.6 is 12.2 Å². The fourth-order valence-corrected chi connectivity index (χ4v) is 2.81. The van der Waals surface area contributed by atoms with Crippen LogP contribution in [0.2, 0.25) is 0 Å². The van der Waals surface area contributed by atoms with Crippen molar-refractivity contribution in [3.05, 3.63) is 58.9 Å². The molecule has 3 rings (SSSR count). The number of aryl methyl sites for hydroxylation is 1. The van der Waals surface area contributed by atoms with Crippen LogP contribution in [0.4, 0.5) is 5.69 Å². The second kappa shape index (κ2) is 9.29. The van der Waals surface area contributed by atoms with Crippen LogP contribution in [-0.4, -0.2) is 41.0 Å². The highest BCUT2D eigenvalue weighted by atomic mass is 32.1. The lowest BCUT2D eigenvalue weighted by Crippen LogP contribution is -2.19. The largest absolute Gasteiger partial charge is 0.491 e. The fourth-order valence-electron chi connectivity index (χ4n) is 2.61. The number of anilines is 1. The lowest BCUT2D eigenvalue weighted by molar-refractivity contribution is -0.116. The summed E-state index contributed by atoms with van der Waals surface area (Å²) in [5.74, 6) is 1.15. The number of rotatable bonds is 8. The summed E-state index contributed by atoms with van der Waals surface area (Å²) >= 11 is 5.29. The number of benzene rings is 2. The number of aromatic amines is 1. The summed E-state index contributed by atoms with van der Waals surface area (Å²) in [5.41, 5.74) is 2.72. The van der Waals surface area contributed by atoms with Crippen LogP contribution in [0.3, 0.4) is 0 Å². The standard InChI is InChI=1S/C20H22N4O3S/c1-14-3-5-15(6-4-14)19-22-23-20(28)24(19)13-18(25)21-16-7-9-17(10-8-16)27-12-11-26-2/h3-10H,11-13H2,1-2H3,(H,21,25)(H,23,28). The molecule has 0 aliphatic carbocycles. The molecule has 0 spiro atoms. The van der Waals surface area contributed by atoms with Crippen molar-refractivity contribution in [2.45, 2.75) is 13.5 Å². The summed E-state index contributed by atoms with van der Waals surface area (Å²) < 4.78 is 12.5. The maximum atomic E-state index is 12.5. The Morgan fingerprint density at radius 2 is 1.86 bits per heavy atom. The van der Waals surface area contributed by atoms with Crippen molar-refractivity contribution in [3.63, 3.8) is 0 Å². The van der Waals surface area contributed by atoms with Crippen LogP contribution in [0, 0.1) is 11.7 Å². The zero-order valence-corrected chi connectivity index (χ0v) is 16.6. The minimum absolute atomic E-state index is 0.0602.